The Morgan fingerprint density at radius 1 is 1.06 bits per heavy atom. The predicted molar refractivity (Wildman–Crippen MR) is 68.7 cm³/mol. The topological polar surface area (TPSA) is 51.6 Å². The van der Waals surface area contributed by atoms with E-state index in [1.54, 1.807) is 26.6 Å². The highest BCUT2D eigenvalue weighted by molar-refractivity contribution is 5.69. The lowest BCUT2D eigenvalue weighted by Gasteiger charge is -2.10. The molecule has 0 amide bonds. The molecule has 0 bridgehead atoms. The van der Waals surface area contributed by atoms with E-state index < -0.39 is 0 Å². The van der Waals surface area contributed by atoms with Gasteiger partial charge in [-0.25, -0.2) is 0 Å². The molecule has 1 aromatic carbocycles. The predicted octanol–water partition coefficient (Wildman–Crippen LogP) is 2.26. The van der Waals surface area contributed by atoms with Gasteiger partial charge in [-0.1, -0.05) is 6.07 Å². The van der Waals surface area contributed by atoms with Crippen LogP contribution in [0.5, 0.6) is 11.5 Å². The number of methoxy groups -OCH3 is 2. The maximum atomic E-state index is 9.38. The molecule has 0 atom stereocenters. The van der Waals surface area contributed by atoms with E-state index in [4.69, 9.17) is 9.47 Å². The van der Waals surface area contributed by atoms with E-state index in [1.165, 1.54) is 0 Å². The lowest BCUT2D eigenvalue weighted by atomic mass is 10.0. The Balaban J connectivity index is 2.53. The minimum Gasteiger partial charge on any atom is -0.497 e. The van der Waals surface area contributed by atoms with Crippen LogP contribution in [-0.2, 0) is 6.61 Å². The number of aliphatic hydroxyl groups excluding tert-OH is 1. The molecule has 18 heavy (non-hydrogen) atoms. The molecule has 0 unspecified atom stereocenters. The molecular weight excluding hydrogens is 230 g/mol. The van der Waals surface area contributed by atoms with Gasteiger partial charge >= 0.3 is 0 Å². The Hall–Kier alpha value is -2.07. The van der Waals surface area contributed by atoms with Crippen LogP contribution in [0.15, 0.2) is 36.7 Å². The number of hydrogen-bond donors (Lipinski definition) is 1. The van der Waals surface area contributed by atoms with E-state index in [-0.39, 0.29) is 6.61 Å². The van der Waals surface area contributed by atoms with Gasteiger partial charge in [0.2, 0.25) is 0 Å². The zero-order valence-electron chi connectivity index (χ0n) is 10.4. The number of benzene rings is 1. The highest BCUT2D eigenvalue weighted by Crippen LogP contribution is 2.29. The largest absolute Gasteiger partial charge is 0.497 e. The van der Waals surface area contributed by atoms with Crippen molar-refractivity contribution in [2.75, 3.05) is 14.2 Å². The summed E-state index contributed by atoms with van der Waals surface area (Å²) in [6, 6.07) is 7.42. The molecule has 1 N–H and O–H groups in total. The summed E-state index contributed by atoms with van der Waals surface area (Å²) >= 11 is 0. The van der Waals surface area contributed by atoms with Gasteiger partial charge in [0.05, 0.1) is 27.0 Å². The Kier molecular flexibility index (Phi) is 3.79. The summed E-state index contributed by atoms with van der Waals surface area (Å²) in [5.41, 5.74) is 2.60. The maximum Gasteiger partial charge on any atom is 0.137 e. The van der Waals surface area contributed by atoms with Gasteiger partial charge in [-0.2, -0.15) is 0 Å². The van der Waals surface area contributed by atoms with Crippen molar-refractivity contribution in [3.05, 3.63) is 42.2 Å². The first-order valence-electron chi connectivity index (χ1n) is 5.55. The molecule has 4 heteroatoms. The summed E-state index contributed by atoms with van der Waals surface area (Å²) in [5.74, 6) is 1.42. The highest BCUT2D eigenvalue weighted by atomic mass is 16.5. The molecule has 4 nitrogen and oxygen atoms in total. The minimum atomic E-state index is -0.0312. The summed E-state index contributed by atoms with van der Waals surface area (Å²) in [7, 11) is 3.21. The summed E-state index contributed by atoms with van der Waals surface area (Å²) < 4.78 is 10.3. The molecular formula is C14H15NO3. The second-order valence-electron chi connectivity index (χ2n) is 3.79. The third-order valence-electron chi connectivity index (χ3n) is 2.75. The molecule has 0 aliphatic carbocycles. The van der Waals surface area contributed by atoms with Gasteiger partial charge in [0.15, 0.2) is 0 Å². The smallest absolute Gasteiger partial charge is 0.137 e. The zero-order chi connectivity index (χ0) is 13.0. The van der Waals surface area contributed by atoms with E-state index in [0.29, 0.717) is 5.75 Å². The van der Waals surface area contributed by atoms with Gasteiger partial charge in [0.25, 0.3) is 0 Å². The molecule has 2 aromatic rings. The number of ether oxygens (including phenoxy) is 2. The van der Waals surface area contributed by atoms with Gasteiger partial charge in [-0.3, -0.25) is 4.98 Å². The fourth-order valence-electron chi connectivity index (χ4n) is 1.77. The first-order chi connectivity index (χ1) is 8.78. The molecule has 94 valence electrons. The van der Waals surface area contributed by atoms with Crippen molar-refractivity contribution in [2.45, 2.75) is 6.61 Å². The van der Waals surface area contributed by atoms with Crippen molar-refractivity contribution in [2.24, 2.45) is 0 Å². The Bertz CT molecular complexity index is 540. The van der Waals surface area contributed by atoms with E-state index in [9.17, 15) is 5.11 Å². The number of nitrogens with zero attached hydrogens (tertiary/aromatic N) is 1. The van der Waals surface area contributed by atoms with Crippen LogP contribution in [0.25, 0.3) is 11.1 Å². The standard InChI is InChI=1S/C14H15NO3/c1-17-12-4-3-10(9-16)14(6-12)11-5-13(18-2)8-15-7-11/h3-8,16H,9H2,1-2H3. The molecule has 1 heterocycles. The van der Waals surface area contributed by atoms with Gasteiger partial charge in [0, 0.05) is 11.8 Å². The van der Waals surface area contributed by atoms with Crippen molar-refractivity contribution in [1.82, 2.24) is 4.98 Å². The van der Waals surface area contributed by atoms with Gasteiger partial charge in [-0.05, 0) is 29.3 Å². The molecule has 0 aliphatic heterocycles. The summed E-state index contributed by atoms with van der Waals surface area (Å²) in [6.07, 6.45) is 3.37. The molecule has 2 rings (SSSR count). The Labute approximate surface area is 106 Å². The molecule has 0 radical (unpaired) electrons. The van der Waals surface area contributed by atoms with Gasteiger partial charge < -0.3 is 14.6 Å². The second kappa shape index (κ2) is 5.51. The Morgan fingerprint density at radius 3 is 2.50 bits per heavy atom. The average molecular weight is 245 g/mol. The molecule has 0 saturated carbocycles. The lowest BCUT2D eigenvalue weighted by molar-refractivity contribution is 0.282. The summed E-state index contributed by atoms with van der Waals surface area (Å²) in [5, 5.41) is 9.38. The van der Waals surface area contributed by atoms with Crippen LogP contribution in [-0.4, -0.2) is 24.3 Å². The van der Waals surface area contributed by atoms with Crippen molar-refractivity contribution in [1.29, 1.82) is 0 Å². The third-order valence-corrected chi connectivity index (χ3v) is 2.75. The quantitative estimate of drug-likeness (QED) is 0.897. The van der Waals surface area contributed by atoms with E-state index >= 15 is 0 Å². The second-order valence-corrected chi connectivity index (χ2v) is 3.79. The van der Waals surface area contributed by atoms with Crippen molar-refractivity contribution in [3.63, 3.8) is 0 Å². The first-order valence-corrected chi connectivity index (χ1v) is 5.55. The number of hydrogen-bond acceptors (Lipinski definition) is 4. The minimum absolute atomic E-state index is 0.0312. The third kappa shape index (κ3) is 2.43. The van der Waals surface area contributed by atoms with Crippen LogP contribution in [0.1, 0.15) is 5.56 Å². The molecule has 0 saturated heterocycles. The van der Waals surface area contributed by atoms with Crippen LogP contribution in [0.3, 0.4) is 0 Å². The molecule has 1 aromatic heterocycles. The van der Waals surface area contributed by atoms with Crippen LogP contribution >= 0.6 is 0 Å². The van der Waals surface area contributed by atoms with E-state index in [0.717, 1.165) is 22.4 Å². The average Bonchev–Trinajstić information content (AvgIpc) is 2.46. The van der Waals surface area contributed by atoms with Crippen LogP contribution in [0.2, 0.25) is 0 Å². The van der Waals surface area contributed by atoms with Crippen molar-refractivity contribution < 1.29 is 14.6 Å². The number of pyridine rings is 1. The van der Waals surface area contributed by atoms with Crippen molar-refractivity contribution in [3.8, 4) is 22.6 Å². The number of aliphatic hydroxyl groups is 1. The normalized spacial score (nSPS) is 10.2. The van der Waals surface area contributed by atoms with Gasteiger partial charge in [0.1, 0.15) is 11.5 Å². The van der Waals surface area contributed by atoms with E-state index in [2.05, 4.69) is 4.98 Å². The fourth-order valence-corrected chi connectivity index (χ4v) is 1.77. The summed E-state index contributed by atoms with van der Waals surface area (Å²) in [4.78, 5) is 4.12. The lowest BCUT2D eigenvalue weighted by Crippen LogP contribution is -1.93. The van der Waals surface area contributed by atoms with Crippen LogP contribution in [0, 0.1) is 0 Å². The fraction of sp³-hybridized carbons (Fsp3) is 0.214. The highest BCUT2D eigenvalue weighted by Gasteiger charge is 2.07. The zero-order valence-corrected chi connectivity index (χ0v) is 10.4. The van der Waals surface area contributed by atoms with Gasteiger partial charge in [-0.15, -0.1) is 0 Å². The summed E-state index contributed by atoms with van der Waals surface area (Å²) in [6.45, 7) is -0.0312. The van der Waals surface area contributed by atoms with Crippen LogP contribution < -0.4 is 9.47 Å². The molecule has 0 spiro atoms. The van der Waals surface area contributed by atoms with E-state index in [1.807, 2.05) is 24.3 Å². The SMILES string of the molecule is COc1cncc(-c2cc(OC)ccc2CO)c1. The number of aromatic nitrogens is 1. The monoisotopic (exact) mass is 245 g/mol. The van der Waals surface area contributed by atoms with Crippen LogP contribution in [0.4, 0.5) is 0 Å². The number of rotatable bonds is 4. The Morgan fingerprint density at radius 2 is 1.83 bits per heavy atom. The first kappa shape index (κ1) is 12.4. The van der Waals surface area contributed by atoms with Crippen molar-refractivity contribution >= 4 is 0 Å². The maximum absolute atomic E-state index is 9.38. The molecule has 0 fully saturated rings. The molecule has 0 aliphatic rings.